The van der Waals surface area contributed by atoms with E-state index in [1.165, 1.54) is 0 Å². The van der Waals surface area contributed by atoms with E-state index >= 15 is 0 Å². The van der Waals surface area contributed by atoms with Gasteiger partial charge in [0.2, 0.25) is 0 Å². The molecule has 0 bridgehead atoms. The molecule has 0 aliphatic rings. The second kappa shape index (κ2) is 4.52. The molecule has 0 heterocycles. The van der Waals surface area contributed by atoms with Gasteiger partial charge in [-0.15, -0.1) is 0 Å². The van der Waals surface area contributed by atoms with Crippen LogP contribution in [0.25, 0.3) is 0 Å². The van der Waals surface area contributed by atoms with E-state index in [-0.39, 0.29) is 0 Å². The van der Waals surface area contributed by atoms with Crippen molar-refractivity contribution in [3.05, 3.63) is 35.6 Å². The summed E-state index contributed by atoms with van der Waals surface area (Å²) < 4.78 is 43.8. The van der Waals surface area contributed by atoms with Crippen LogP contribution in [-0.2, 0) is 15.5 Å². The van der Waals surface area contributed by atoms with Crippen molar-refractivity contribution in [1.82, 2.24) is 0 Å². The van der Waals surface area contributed by atoms with Gasteiger partial charge in [-0.05, 0) is 12.1 Å². The zero-order valence-corrected chi connectivity index (χ0v) is 8.41. The molecular weight excluding hydrogens is 223 g/mol. The Morgan fingerprint density at radius 2 is 1.88 bits per heavy atom. The summed E-state index contributed by atoms with van der Waals surface area (Å²) in [5.41, 5.74) is 4.52. The average molecular weight is 233 g/mol. The standard InChI is InChI=1S/C10H10F3NO2/c1-16-9(15)8(14)10(12,13)6-2-4-7(11)5-3-6/h2-5,8H,14H2,1H3. The summed E-state index contributed by atoms with van der Waals surface area (Å²) in [5.74, 6) is -5.47. The van der Waals surface area contributed by atoms with E-state index in [2.05, 4.69) is 4.74 Å². The Kier molecular flexibility index (Phi) is 3.54. The molecule has 1 atom stereocenters. The molecule has 0 spiro atoms. The first-order valence-electron chi connectivity index (χ1n) is 4.37. The first kappa shape index (κ1) is 12.5. The number of esters is 1. The van der Waals surface area contributed by atoms with Gasteiger partial charge in [0.05, 0.1) is 7.11 Å². The van der Waals surface area contributed by atoms with Crippen LogP contribution < -0.4 is 5.73 Å². The zero-order valence-electron chi connectivity index (χ0n) is 8.41. The Morgan fingerprint density at radius 3 is 2.31 bits per heavy atom. The minimum atomic E-state index is -3.60. The minimum Gasteiger partial charge on any atom is -0.468 e. The van der Waals surface area contributed by atoms with Crippen molar-refractivity contribution in [2.45, 2.75) is 12.0 Å². The summed E-state index contributed by atoms with van der Waals surface area (Å²) in [5, 5.41) is 0. The molecular formula is C10H10F3NO2. The Labute approximate surface area is 90.0 Å². The third-order valence-electron chi connectivity index (χ3n) is 2.07. The van der Waals surface area contributed by atoms with E-state index < -0.39 is 29.3 Å². The van der Waals surface area contributed by atoms with E-state index in [1.807, 2.05) is 0 Å². The molecule has 0 fully saturated rings. The summed E-state index contributed by atoms with van der Waals surface area (Å²) >= 11 is 0. The van der Waals surface area contributed by atoms with Crippen LogP contribution in [0.3, 0.4) is 0 Å². The Hall–Kier alpha value is -1.56. The number of alkyl halides is 2. The number of ether oxygens (including phenoxy) is 1. The van der Waals surface area contributed by atoms with Gasteiger partial charge in [-0.1, -0.05) is 12.1 Å². The van der Waals surface area contributed by atoms with E-state index in [4.69, 9.17) is 5.73 Å². The lowest BCUT2D eigenvalue weighted by Crippen LogP contribution is -2.45. The van der Waals surface area contributed by atoms with E-state index in [0.717, 1.165) is 31.4 Å². The molecule has 0 radical (unpaired) electrons. The van der Waals surface area contributed by atoms with Gasteiger partial charge in [-0.25, -0.2) is 4.39 Å². The van der Waals surface area contributed by atoms with Gasteiger partial charge in [0.1, 0.15) is 5.82 Å². The topological polar surface area (TPSA) is 52.3 Å². The smallest absolute Gasteiger partial charge is 0.329 e. The first-order valence-corrected chi connectivity index (χ1v) is 4.37. The van der Waals surface area contributed by atoms with Gasteiger partial charge in [-0.3, -0.25) is 4.79 Å². The second-order valence-corrected chi connectivity index (χ2v) is 3.13. The maximum atomic E-state index is 13.6. The van der Waals surface area contributed by atoms with Gasteiger partial charge in [0.15, 0.2) is 6.04 Å². The van der Waals surface area contributed by atoms with Crippen molar-refractivity contribution in [2.75, 3.05) is 7.11 Å². The highest BCUT2D eigenvalue weighted by molar-refractivity contribution is 5.77. The van der Waals surface area contributed by atoms with Crippen LogP contribution in [-0.4, -0.2) is 19.1 Å². The molecule has 1 rings (SSSR count). The summed E-state index contributed by atoms with van der Waals surface area (Å²) in [6, 6.07) is 1.37. The summed E-state index contributed by atoms with van der Waals surface area (Å²) in [4.78, 5) is 10.9. The van der Waals surface area contributed by atoms with Crippen molar-refractivity contribution in [1.29, 1.82) is 0 Å². The fraction of sp³-hybridized carbons (Fsp3) is 0.300. The maximum absolute atomic E-state index is 13.6. The van der Waals surface area contributed by atoms with Crippen LogP contribution in [0.4, 0.5) is 13.2 Å². The second-order valence-electron chi connectivity index (χ2n) is 3.13. The quantitative estimate of drug-likeness (QED) is 0.803. The van der Waals surface area contributed by atoms with E-state index in [0.29, 0.717) is 0 Å². The predicted octanol–water partition coefficient (Wildman–Crippen LogP) is 1.42. The molecule has 2 N–H and O–H groups in total. The summed E-state index contributed by atoms with van der Waals surface area (Å²) in [7, 11) is 0.961. The minimum absolute atomic E-state index is 0.535. The predicted molar refractivity (Wildman–Crippen MR) is 50.3 cm³/mol. The lowest BCUT2D eigenvalue weighted by Gasteiger charge is -2.21. The molecule has 1 aromatic rings. The molecule has 1 aromatic carbocycles. The lowest BCUT2D eigenvalue weighted by molar-refractivity contribution is -0.153. The normalized spacial score (nSPS) is 13.3. The van der Waals surface area contributed by atoms with Gasteiger partial charge in [0.25, 0.3) is 5.92 Å². The van der Waals surface area contributed by atoms with E-state index in [9.17, 15) is 18.0 Å². The first-order chi connectivity index (χ1) is 7.39. The van der Waals surface area contributed by atoms with E-state index in [1.54, 1.807) is 0 Å². The molecule has 0 aromatic heterocycles. The van der Waals surface area contributed by atoms with Crippen LogP contribution in [0.15, 0.2) is 24.3 Å². The molecule has 3 nitrogen and oxygen atoms in total. The molecule has 0 aliphatic carbocycles. The molecule has 6 heteroatoms. The molecule has 16 heavy (non-hydrogen) atoms. The van der Waals surface area contributed by atoms with Crippen LogP contribution in [0, 0.1) is 5.82 Å². The van der Waals surface area contributed by atoms with Crippen LogP contribution in [0.2, 0.25) is 0 Å². The Morgan fingerprint density at radius 1 is 1.38 bits per heavy atom. The number of hydrogen-bond acceptors (Lipinski definition) is 3. The fourth-order valence-corrected chi connectivity index (χ4v) is 1.13. The number of methoxy groups -OCH3 is 1. The number of halogens is 3. The zero-order chi connectivity index (χ0) is 12.3. The number of hydrogen-bond donors (Lipinski definition) is 1. The molecule has 0 amide bonds. The molecule has 0 saturated carbocycles. The van der Waals surface area contributed by atoms with Gasteiger partial charge in [0, 0.05) is 5.56 Å². The lowest BCUT2D eigenvalue weighted by atomic mass is 10.0. The molecule has 88 valence electrons. The number of nitrogens with two attached hydrogens (primary N) is 1. The van der Waals surface area contributed by atoms with Gasteiger partial charge >= 0.3 is 5.97 Å². The van der Waals surface area contributed by atoms with Gasteiger partial charge in [-0.2, -0.15) is 8.78 Å². The van der Waals surface area contributed by atoms with Crippen molar-refractivity contribution < 1.29 is 22.7 Å². The number of carbonyl (C=O) groups excluding carboxylic acids is 1. The Bertz CT molecular complexity index is 378. The van der Waals surface area contributed by atoms with Crippen molar-refractivity contribution in [3.8, 4) is 0 Å². The average Bonchev–Trinajstić information content (AvgIpc) is 2.27. The van der Waals surface area contributed by atoms with Crippen LogP contribution in [0.5, 0.6) is 0 Å². The number of benzene rings is 1. The highest BCUT2D eigenvalue weighted by Gasteiger charge is 2.44. The summed E-state index contributed by atoms with van der Waals surface area (Å²) in [6.07, 6.45) is 0. The van der Waals surface area contributed by atoms with Gasteiger partial charge < -0.3 is 10.5 Å². The number of carbonyl (C=O) groups is 1. The third kappa shape index (κ3) is 2.33. The molecule has 0 saturated heterocycles. The molecule has 0 aliphatic heterocycles. The fourth-order valence-electron chi connectivity index (χ4n) is 1.13. The Balaban J connectivity index is 3.01. The molecule has 1 unspecified atom stereocenters. The van der Waals surface area contributed by atoms with Crippen molar-refractivity contribution in [3.63, 3.8) is 0 Å². The third-order valence-corrected chi connectivity index (χ3v) is 2.07. The van der Waals surface area contributed by atoms with Crippen molar-refractivity contribution >= 4 is 5.97 Å². The largest absolute Gasteiger partial charge is 0.468 e. The van der Waals surface area contributed by atoms with Crippen LogP contribution in [0.1, 0.15) is 5.56 Å². The van der Waals surface area contributed by atoms with Crippen molar-refractivity contribution in [2.24, 2.45) is 5.73 Å². The highest BCUT2D eigenvalue weighted by atomic mass is 19.3. The maximum Gasteiger partial charge on any atom is 0.329 e. The highest BCUT2D eigenvalue weighted by Crippen LogP contribution is 2.31. The summed E-state index contributed by atoms with van der Waals surface area (Å²) in [6.45, 7) is 0. The van der Waals surface area contributed by atoms with Crippen LogP contribution >= 0.6 is 0 Å². The number of rotatable bonds is 3. The monoisotopic (exact) mass is 233 g/mol. The SMILES string of the molecule is COC(=O)C(N)C(F)(F)c1ccc(F)cc1.